The number of carbonyl (C=O) groups excluding carboxylic acids is 2. The molecule has 1 saturated heterocycles. The normalized spacial score (nSPS) is 14.9. The molecule has 0 radical (unpaired) electrons. The van der Waals surface area contributed by atoms with Gasteiger partial charge in [0.05, 0.1) is 6.54 Å². The molecule has 0 saturated carbocycles. The number of likely N-dealkylation sites (tertiary alicyclic amines) is 1. The molecule has 1 aromatic carbocycles. The van der Waals surface area contributed by atoms with Crippen LogP contribution in [0.3, 0.4) is 0 Å². The summed E-state index contributed by atoms with van der Waals surface area (Å²) in [7, 11) is 0. The summed E-state index contributed by atoms with van der Waals surface area (Å²) >= 11 is 0. The Hall–Kier alpha value is -3.03. The van der Waals surface area contributed by atoms with Gasteiger partial charge in [-0.3, -0.25) is 9.48 Å². The van der Waals surface area contributed by atoms with E-state index in [0.717, 1.165) is 13.0 Å². The highest BCUT2D eigenvalue weighted by atomic mass is 16.5. The van der Waals surface area contributed by atoms with Crippen molar-refractivity contribution in [3.8, 4) is 5.75 Å². The van der Waals surface area contributed by atoms with Crippen LogP contribution < -0.4 is 15.4 Å². The Bertz CT molecular complexity index is 762. The molecule has 2 heterocycles. The van der Waals surface area contributed by atoms with E-state index in [1.165, 1.54) is 0 Å². The summed E-state index contributed by atoms with van der Waals surface area (Å²) in [5, 5.41) is 9.78. The van der Waals surface area contributed by atoms with E-state index in [1.54, 1.807) is 27.9 Å². The van der Waals surface area contributed by atoms with Crippen molar-refractivity contribution in [1.29, 1.82) is 0 Å². The summed E-state index contributed by atoms with van der Waals surface area (Å²) in [5.74, 6) is 0.833. The maximum Gasteiger partial charge on any atom is 0.319 e. The molecule has 1 aromatic heterocycles. The lowest BCUT2D eigenvalue weighted by Crippen LogP contribution is -2.44. The third kappa shape index (κ3) is 5.73. The lowest BCUT2D eigenvalue weighted by molar-refractivity contribution is -0.127. The Labute approximate surface area is 158 Å². The van der Waals surface area contributed by atoms with Crippen molar-refractivity contribution >= 4 is 17.6 Å². The summed E-state index contributed by atoms with van der Waals surface area (Å²) in [6, 6.07) is 8.68. The van der Waals surface area contributed by atoms with E-state index < -0.39 is 0 Å². The summed E-state index contributed by atoms with van der Waals surface area (Å²) in [6.07, 6.45) is 5.10. The van der Waals surface area contributed by atoms with Gasteiger partial charge in [0.1, 0.15) is 12.4 Å². The van der Waals surface area contributed by atoms with Crippen LogP contribution in [0.5, 0.6) is 5.75 Å². The summed E-state index contributed by atoms with van der Waals surface area (Å²) < 4.78 is 7.50. The van der Waals surface area contributed by atoms with Crippen LogP contribution in [0.2, 0.25) is 0 Å². The molecule has 3 amide bonds. The molecule has 0 aliphatic carbocycles. The fraction of sp³-hybridized carbons (Fsp3) is 0.421. The maximum absolute atomic E-state index is 12.2. The van der Waals surface area contributed by atoms with Crippen molar-refractivity contribution in [3.63, 3.8) is 0 Å². The first kappa shape index (κ1) is 18.8. The number of carbonyl (C=O) groups is 2. The lowest BCUT2D eigenvalue weighted by Gasteiger charge is -2.21. The van der Waals surface area contributed by atoms with Crippen LogP contribution in [0.15, 0.2) is 42.7 Å². The highest BCUT2D eigenvalue weighted by Crippen LogP contribution is 2.17. The van der Waals surface area contributed by atoms with Crippen LogP contribution >= 0.6 is 0 Å². The second-order valence-corrected chi connectivity index (χ2v) is 6.59. The number of urea groups is 1. The van der Waals surface area contributed by atoms with Gasteiger partial charge in [-0.2, -0.15) is 5.10 Å². The summed E-state index contributed by atoms with van der Waals surface area (Å²) in [6.45, 7) is 4.32. The molecule has 0 spiro atoms. The average molecular weight is 371 g/mol. The second kappa shape index (κ2) is 9.07. The largest absolute Gasteiger partial charge is 0.492 e. The van der Waals surface area contributed by atoms with Gasteiger partial charge >= 0.3 is 6.03 Å². The van der Waals surface area contributed by atoms with Gasteiger partial charge in [0.15, 0.2) is 0 Å². The molecule has 0 unspecified atom stereocenters. The zero-order valence-electron chi connectivity index (χ0n) is 15.4. The molecular formula is C19H25N5O3. The number of benzene rings is 1. The first-order chi connectivity index (χ1) is 13.1. The standard InChI is InChI=1S/C19H25N5O3/c1-15(14-23-9-3-7-18(23)25)21-19(26)22-16-5-2-6-17(13-16)27-12-11-24-10-4-8-20-24/h2,4-6,8,10,13,15H,3,7,9,11-12,14H2,1H3,(H2,21,22,26)/t15-/m0/s1. The zero-order chi connectivity index (χ0) is 19.1. The zero-order valence-corrected chi connectivity index (χ0v) is 15.4. The predicted octanol–water partition coefficient (Wildman–Crippen LogP) is 2.09. The first-order valence-electron chi connectivity index (χ1n) is 9.16. The average Bonchev–Trinajstić information content (AvgIpc) is 3.27. The van der Waals surface area contributed by atoms with Crippen LogP contribution in [0, 0.1) is 0 Å². The van der Waals surface area contributed by atoms with E-state index in [4.69, 9.17) is 4.74 Å². The molecule has 1 fully saturated rings. The van der Waals surface area contributed by atoms with Gasteiger partial charge in [-0.15, -0.1) is 0 Å². The number of nitrogens with one attached hydrogen (secondary N) is 2. The van der Waals surface area contributed by atoms with E-state index in [2.05, 4.69) is 15.7 Å². The first-order valence-corrected chi connectivity index (χ1v) is 9.16. The van der Waals surface area contributed by atoms with E-state index in [9.17, 15) is 9.59 Å². The molecule has 8 heteroatoms. The number of aromatic nitrogens is 2. The lowest BCUT2D eigenvalue weighted by atomic mass is 10.3. The van der Waals surface area contributed by atoms with Crippen molar-refractivity contribution in [1.82, 2.24) is 20.0 Å². The number of ether oxygens (including phenoxy) is 1. The molecule has 1 atom stereocenters. The van der Waals surface area contributed by atoms with Gasteiger partial charge in [-0.25, -0.2) is 4.79 Å². The maximum atomic E-state index is 12.2. The molecule has 0 bridgehead atoms. The van der Waals surface area contributed by atoms with Gasteiger partial charge in [0.2, 0.25) is 5.91 Å². The topological polar surface area (TPSA) is 88.5 Å². The highest BCUT2D eigenvalue weighted by Gasteiger charge is 2.22. The minimum Gasteiger partial charge on any atom is -0.492 e. The Balaban J connectivity index is 1.43. The van der Waals surface area contributed by atoms with Gasteiger partial charge in [-0.05, 0) is 31.5 Å². The second-order valence-electron chi connectivity index (χ2n) is 6.59. The van der Waals surface area contributed by atoms with Crippen molar-refractivity contribution in [3.05, 3.63) is 42.7 Å². The number of hydrogen-bond donors (Lipinski definition) is 2. The van der Waals surface area contributed by atoms with E-state index in [0.29, 0.717) is 37.6 Å². The van der Waals surface area contributed by atoms with Crippen LogP contribution in [0.25, 0.3) is 0 Å². The quantitative estimate of drug-likeness (QED) is 0.744. The Morgan fingerprint density at radius 2 is 2.26 bits per heavy atom. The predicted molar refractivity (Wildman–Crippen MR) is 102 cm³/mol. The molecule has 27 heavy (non-hydrogen) atoms. The van der Waals surface area contributed by atoms with Crippen LogP contribution in [-0.2, 0) is 11.3 Å². The van der Waals surface area contributed by atoms with E-state index >= 15 is 0 Å². The SMILES string of the molecule is C[C@@H](CN1CCCC1=O)NC(=O)Nc1cccc(OCCn2cccn2)c1. The van der Waals surface area contributed by atoms with Gasteiger partial charge in [0.25, 0.3) is 0 Å². The summed E-state index contributed by atoms with van der Waals surface area (Å²) in [4.78, 5) is 25.6. The minimum atomic E-state index is -0.303. The van der Waals surface area contributed by atoms with Crippen molar-refractivity contribution in [2.24, 2.45) is 0 Å². The third-order valence-electron chi connectivity index (χ3n) is 4.28. The van der Waals surface area contributed by atoms with Crippen molar-refractivity contribution in [2.45, 2.75) is 32.4 Å². The van der Waals surface area contributed by atoms with E-state index in [-0.39, 0.29) is 18.0 Å². The molecule has 1 aliphatic heterocycles. The Morgan fingerprint density at radius 3 is 3.00 bits per heavy atom. The molecule has 2 aromatic rings. The highest BCUT2D eigenvalue weighted by molar-refractivity contribution is 5.89. The fourth-order valence-electron chi connectivity index (χ4n) is 3.02. The third-order valence-corrected chi connectivity index (χ3v) is 4.28. The summed E-state index contributed by atoms with van der Waals surface area (Å²) in [5.41, 5.74) is 0.647. The number of anilines is 1. The number of nitrogens with zero attached hydrogens (tertiary/aromatic N) is 3. The van der Waals surface area contributed by atoms with Gasteiger partial charge in [-0.1, -0.05) is 6.07 Å². The van der Waals surface area contributed by atoms with Gasteiger partial charge < -0.3 is 20.3 Å². The smallest absolute Gasteiger partial charge is 0.319 e. The Morgan fingerprint density at radius 1 is 1.37 bits per heavy atom. The van der Waals surface area contributed by atoms with Gasteiger partial charge in [0, 0.05) is 49.7 Å². The number of hydrogen-bond acceptors (Lipinski definition) is 4. The number of amides is 3. The monoisotopic (exact) mass is 371 g/mol. The molecule has 3 rings (SSSR count). The van der Waals surface area contributed by atoms with Crippen LogP contribution in [0.4, 0.5) is 10.5 Å². The molecule has 144 valence electrons. The minimum absolute atomic E-state index is 0.124. The molecule has 8 nitrogen and oxygen atoms in total. The Kier molecular flexibility index (Phi) is 6.30. The van der Waals surface area contributed by atoms with Crippen molar-refractivity contribution in [2.75, 3.05) is 25.0 Å². The van der Waals surface area contributed by atoms with Crippen LogP contribution in [0.1, 0.15) is 19.8 Å². The molecule has 2 N–H and O–H groups in total. The van der Waals surface area contributed by atoms with Crippen molar-refractivity contribution < 1.29 is 14.3 Å². The fourth-order valence-corrected chi connectivity index (χ4v) is 3.02. The van der Waals surface area contributed by atoms with Crippen LogP contribution in [-0.4, -0.2) is 52.4 Å². The molecular weight excluding hydrogens is 346 g/mol. The van der Waals surface area contributed by atoms with E-state index in [1.807, 2.05) is 31.3 Å². The molecule has 1 aliphatic rings. The number of rotatable bonds is 8.